The molecule has 1 aromatic carbocycles. The Hall–Kier alpha value is -1.72. The highest BCUT2D eigenvalue weighted by molar-refractivity contribution is 7.87. The van der Waals surface area contributed by atoms with Crippen LogP contribution in [0.2, 0.25) is 0 Å². The predicted molar refractivity (Wildman–Crippen MR) is 105 cm³/mol. The molecule has 9 nitrogen and oxygen atoms in total. The number of rotatable bonds is 7. The van der Waals surface area contributed by atoms with Gasteiger partial charge in [0, 0.05) is 51.8 Å². The lowest BCUT2D eigenvalue weighted by Gasteiger charge is -2.33. The van der Waals surface area contributed by atoms with Gasteiger partial charge in [-0.25, -0.2) is 4.79 Å². The van der Waals surface area contributed by atoms with E-state index >= 15 is 0 Å². The first kappa shape index (κ1) is 22.6. The van der Waals surface area contributed by atoms with Crippen molar-refractivity contribution in [2.24, 2.45) is 5.92 Å². The van der Waals surface area contributed by atoms with Gasteiger partial charge in [0.25, 0.3) is 10.2 Å². The summed E-state index contributed by atoms with van der Waals surface area (Å²) >= 11 is 0. The molecule has 1 aromatic rings. The maximum absolute atomic E-state index is 12.7. The SMILES string of the molecule is COCCN1CCN(S(=O)(=O)N[C@H]2[C@H](C)[C@@H]2c2ccccc2)CC1.O=C(O)O. The largest absolute Gasteiger partial charge is 0.503 e. The Morgan fingerprint density at radius 1 is 1.18 bits per heavy atom. The van der Waals surface area contributed by atoms with Gasteiger partial charge in [-0.3, -0.25) is 4.90 Å². The minimum atomic E-state index is -3.41. The van der Waals surface area contributed by atoms with Crippen LogP contribution in [0.25, 0.3) is 0 Å². The van der Waals surface area contributed by atoms with Gasteiger partial charge in [0.2, 0.25) is 0 Å². The highest BCUT2D eigenvalue weighted by Crippen LogP contribution is 2.47. The van der Waals surface area contributed by atoms with Gasteiger partial charge in [-0.2, -0.15) is 17.4 Å². The van der Waals surface area contributed by atoms with Crippen molar-refractivity contribution in [3.05, 3.63) is 35.9 Å². The normalized spacial score (nSPS) is 25.6. The maximum Gasteiger partial charge on any atom is 0.503 e. The lowest BCUT2D eigenvalue weighted by Crippen LogP contribution is -2.53. The zero-order valence-electron chi connectivity index (χ0n) is 16.2. The molecule has 2 fully saturated rings. The van der Waals surface area contributed by atoms with Gasteiger partial charge in [0.1, 0.15) is 0 Å². The minimum absolute atomic E-state index is 0.00363. The van der Waals surface area contributed by atoms with Crippen molar-refractivity contribution in [3.8, 4) is 0 Å². The molecule has 3 atom stereocenters. The van der Waals surface area contributed by atoms with E-state index in [1.807, 2.05) is 18.2 Å². The van der Waals surface area contributed by atoms with Crippen molar-refractivity contribution in [3.63, 3.8) is 0 Å². The first-order valence-electron chi connectivity index (χ1n) is 9.21. The van der Waals surface area contributed by atoms with Gasteiger partial charge in [-0.1, -0.05) is 37.3 Å². The summed E-state index contributed by atoms with van der Waals surface area (Å²) in [5, 5.41) is 13.9. The molecule has 158 valence electrons. The second-order valence-corrected chi connectivity index (χ2v) is 8.66. The van der Waals surface area contributed by atoms with E-state index in [9.17, 15) is 8.42 Å². The fraction of sp³-hybridized carbons (Fsp3) is 0.611. The summed E-state index contributed by atoms with van der Waals surface area (Å²) in [4.78, 5) is 10.8. The van der Waals surface area contributed by atoms with Crippen LogP contribution in [0.3, 0.4) is 0 Å². The van der Waals surface area contributed by atoms with Gasteiger partial charge in [0.15, 0.2) is 0 Å². The number of ether oxygens (including phenoxy) is 1. The van der Waals surface area contributed by atoms with Crippen LogP contribution in [0.5, 0.6) is 0 Å². The molecule has 0 unspecified atom stereocenters. The van der Waals surface area contributed by atoms with Gasteiger partial charge >= 0.3 is 6.16 Å². The second-order valence-electron chi connectivity index (χ2n) is 6.96. The van der Waals surface area contributed by atoms with E-state index in [4.69, 9.17) is 19.7 Å². The minimum Gasteiger partial charge on any atom is -0.450 e. The van der Waals surface area contributed by atoms with Crippen molar-refractivity contribution in [1.29, 1.82) is 0 Å². The zero-order chi connectivity index (χ0) is 20.7. The summed E-state index contributed by atoms with van der Waals surface area (Å²) in [5.74, 6) is 0.620. The van der Waals surface area contributed by atoms with Crippen LogP contribution >= 0.6 is 0 Å². The smallest absolute Gasteiger partial charge is 0.450 e. The fourth-order valence-corrected chi connectivity index (χ4v) is 4.99. The van der Waals surface area contributed by atoms with Gasteiger partial charge in [-0.05, 0) is 11.5 Å². The number of carboxylic acid groups (broad SMARTS) is 2. The van der Waals surface area contributed by atoms with Crippen LogP contribution in [0.1, 0.15) is 18.4 Å². The Bertz CT molecular complexity index is 718. The molecule has 0 bridgehead atoms. The molecular weight excluding hydrogens is 386 g/mol. The van der Waals surface area contributed by atoms with E-state index in [1.54, 1.807) is 11.4 Å². The fourth-order valence-electron chi connectivity index (χ4n) is 3.49. The van der Waals surface area contributed by atoms with Crippen LogP contribution in [0, 0.1) is 5.92 Å². The molecule has 2 aliphatic rings. The highest BCUT2D eigenvalue weighted by atomic mass is 32.2. The van der Waals surface area contributed by atoms with Crippen LogP contribution < -0.4 is 4.72 Å². The van der Waals surface area contributed by atoms with E-state index in [0.717, 1.165) is 19.6 Å². The van der Waals surface area contributed by atoms with E-state index in [2.05, 4.69) is 28.7 Å². The Balaban J connectivity index is 0.000000640. The topological polar surface area (TPSA) is 119 Å². The predicted octanol–water partition coefficient (Wildman–Crippen LogP) is 1.11. The molecule has 1 heterocycles. The van der Waals surface area contributed by atoms with E-state index in [1.165, 1.54) is 5.56 Å². The first-order valence-corrected chi connectivity index (χ1v) is 10.7. The van der Waals surface area contributed by atoms with Crippen molar-refractivity contribution in [2.75, 3.05) is 46.4 Å². The first-order chi connectivity index (χ1) is 13.3. The molecule has 0 radical (unpaired) electrons. The summed E-state index contributed by atoms with van der Waals surface area (Å²) in [6.07, 6.45) is -1.83. The number of carbonyl (C=O) groups is 1. The zero-order valence-corrected chi connectivity index (χ0v) is 17.0. The molecule has 0 spiro atoms. The monoisotopic (exact) mass is 415 g/mol. The molecule has 28 heavy (non-hydrogen) atoms. The molecule has 1 aliphatic carbocycles. The summed E-state index contributed by atoms with van der Waals surface area (Å²) in [7, 11) is -1.73. The van der Waals surface area contributed by atoms with E-state index < -0.39 is 16.4 Å². The number of benzene rings is 1. The molecule has 0 amide bonds. The molecule has 3 N–H and O–H groups in total. The number of hydrogen-bond donors (Lipinski definition) is 3. The molecule has 0 aromatic heterocycles. The Morgan fingerprint density at radius 3 is 2.29 bits per heavy atom. The van der Waals surface area contributed by atoms with Crippen LogP contribution in [-0.2, 0) is 14.9 Å². The number of nitrogens with zero attached hydrogens (tertiary/aromatic N) is 2. The van der Waals surface area contributed by atoms with Crippen molar-refractivity contribution < 1.29 is 28.2 Å². The Kier molecular flexibility index (Phi) is 8.20. The van der Waals surface area contributed by atoms with Crippen molar-refractivity contribution >= 4 is 16.4 Å². The molecule has 1 saturated carbocycles. The lowest BCUT2D eigenvalue weighted by molar-refractivity contribution is 0.123. The molecule has 1 saturated heterocycles. The van der Waals surface area contributed by atoms with Crippen LogP contribution in [0.4, 0.5) is 4.79 Å². The van der Waals surface area contributed by atoms with Crippen molar-refractivity contribution in [2.45, 2.75) is 18.9 Å². The number of hydrogen-bond acceptors (Lipinski definition) is 5. The second kappa shape index (κ2) is 10.2. The number of nitrogens with one attached hydrogen (secondary N) is 1. The quantitative estimate of drug-likeness (QED) is 0.610. The van der Waals surface area contributed by atoms with Crippen LogP contribution in [0.15, 0.2) is 30.3 Å². The third-order valence-electron chi connectivity index (χ3n) is 5.13. The van der Waals surface area contributed by atoms with Gasteiger partial charge < -0.3 is 14.9 Å². The third-order valence-corrected chi connectivity index (χ3v) is 6.75. The summed E-state index contributed by atoms with van der Waals surface area (Å²) in [6.45, 7) is 6.23. The maximum atomic E-state index is 12.7. The standard InChI is InChI=1S/C17H27N3O3S.CH2O3/c1-14-16(15-6-4-3-5-7-15)17(14)18-24(21,22)20-10-8-19(9-11-20)12-13-23-2;2-1(3)4/h3-7,14,16-18H,8-13H2,1-2H3;(H2,2,3,4)/t14-,16-,17+;/m1./s1. The number of methoxy groups -OCH3 is 1. The molecule has 3 rings (SSSR count). The lowest BCUT2D eigenvalue weighted by atomic mass is 10.1. The van der Waals surface area contributed by atoms with Crippen molar-refractivity contribution in [1.82, 2.24) is 13.9 Å². The molecule has 1 aliphatic heterocycles. The highest BCUT2D eigenvalue weighted by Gasteiger charge is 2.50. The van der Waals surface area contributed by atoms with Crippen LogP contribution in [-0.4, -0.2) is 86.5 Å². The van der Waals surface area contributed by atoms with E-state index in [0.29, 0.717) is 25.6 Å². The Labute approximate surface area is 166 Å². The summed E-state index contributed by atoms with van der Waals surface area (Å²) in [5.41, 5.74) is 1.21. The average molecular weight is 416 g/mol. The van der Waals surface area contributed by atoms with Gasteiger partial charge in [-0.15, -0.1) is 0 Å². The third kappa shape index (κ3) is 6.42. The summed E-state index contributed by atoms with van der Waals surface area (Å²) in [6, 6.07) is 10.1. The van der Waals surface area contributed by atoms with Gasteiger partial charge in [0.05, 0.1) is 6.61 Å². The molecule has 10 heteroatoms. The summed E-state index contributed by atoms with van der Waals surface area (Å²) < 4.78 is 34.9. The number of piperazine rings is 1. The average Bonchev–Trinajstić information content (AvgIpc) is 3.28. The van der Waals surface area contributed by atoms with E-state index in [-0.39, 0.29) is 12.0 Å². The molecular formula is C18H29N3O6S. The Morgan fingerprint density at radius 2 is 1.75 bits per heavy atom.